The monoisotopic (exact) mass is 281 g/mol. The Morgan fingerprint density at radius 1 is 1.50 bits per heavy atom. The number of nitro groups is 1. The third-order valence-corrected chi connectivity index (χ3v) is 2.89. The molecule has 0 amide bonds. The molecule has 0 fully saturated rings. The van der Waals surface area contributed by atoms with Crippen LogP contribution in [0.4, 0.5) is 5.69 Å². The summed E-state index contributed by atoms with van der Waals surface area (Å²) in [6, 6.07) is 5.08. The smallest absolute Gasteiger partial charge is 0.272 e. The first-order chi connectivity index (χ1) is 7.59. The van der Waals surface area contributed by atoms with Crippen molar-refractivity contribution in [3.05, 3.63) is 44.5 Å². The Bertz CT molecular complexity index is 551. The summed E-state index contributed by atoms with van der Waals surface area (Å²) in [5, 5.41) is 17.4. The topological polar surface area (TPSA) is 71.8 Å². The van der Waals surface area contributed by atoms with Gasteiger partial charge in [0.05, 0.1) is 21.3 Å². The van der Waals surface area contributed by atoms with Crippen molar-refractivity contribution in [2.75, 3.05) is 0 Å². The molecule has 0 atom stereocenters. The van der Waals surface area contributed by atoms with Crippen LogP contribution < -0.4 is 0 Å². The SMILES string of the molecule is Cc1ccc(-c2[nH]ncc2Br)cc1[N+](=O)[O-]. The molecule has 0 saturated carbocycles. The van der Waals surface area contributed by atoms with E-state index in [-0.39, 0.29) is 10.6 Å². The van der Waals surface area contributed by atoms with Crippen molar-refractivity contribution in [1.82, 2.24) is 10.2 Å². The van der Waals surface area contributed by atoms with E-state index in [2.05, 4.69) is 26.1 Å². The van der Waals surface area contributed by atoms with Crippen LogP contribution in [0.2, 0.25) is 0 Å². The van der Waals surface area contributed by atoms with E-state index in [9.17, 15) is 10.1 Å². The minimum absolute atomic E-state index is 0.110. The lowest BCUT2D eigenvalue weighted by Gasteiger charge is -2.01. The Morgan fingerprint density at radius 3 is 2.81 bits per heavy atom. The zero-order valence-electron chi connectivity index (χ0n) is 8.40. The summed E-state index contributed by atoms with van der Waals surface area (Å²) in [5.74, 6) is 0. The van der Waals surface area contributed by atoms with Crippen LogP contribution in [0.5, 0.6) is 0 Å². The third kappa shape index (κ3) is 1.83. The van der Waals surface area contributed by atoms with Gasteiger partial charge in [-0.25, -0.2) is 0 Å². The molecule has 0 aliphatic heterocycles. The molecule has 1 heterocycles. The van der Waals surface area contributed by atoms with Crippen LogP contribution in [0, 0.1) is 17.0 Å². The van der Waals surface area contributed by atoms with E-state index in [1.165, 1.54) is 6.07 Å². The third-order valence-electron chi connectivity index (χ3n) is 2.29. The first-order valence-corrected chi connectivity index (χ1v) is 5.33. The number of nitrogens with one attached hydrogen (secondary N) is 1. The highest BCUT2D eigenvalue weighted by Gasteiger charge is 2.13. The van der Waals surface area contributed by atoms with Crippen LogP contribution >= 0.6 is 15.9 Å². The number of aromatic amines is 1. The van der Waals surface area contributed by atoms with Gasteiger partial charge in [-0.15, -0.1) is 0 Å². The number of hydrogen-bond acceptors (Lipinski definition) is 3. The van der Waals surface area contributed by atoms with Crippen molar-refractivity contribution < 1.29 is 4.92 Å². The minimum Gasteiger partial charge on any atom is -0.277 e. The van der Waals surface area contributed by atoms with E-state index < -0.39 is 0 Å². The van der Waals surface area contributed by atoms with Gasteiger partial charge in [0.25, 0.3) is 5.69 Å². The van der Waals surface area contributed by atoms with Gasteiger partial charge in [0, 0.05) is 17.2 Å². The van der Waals surface area contributed by atoms with Crippen LogP contribution in [-0.4, -0.2) is 15.1 Å². The molecule has 0 radical (unpaired) electrons. The Balaban J connectivity index is 2.56. The fraction of sp³-hybridized carbons (Fsp3) is 0.100. The number of nitro benzene ring substituents is 1. The van der Waals surface area contributed by atoms with Crippen molar-refractivity contribution >= 4 is 21.6 Å². The Morgan fingerprint density at radius 2 is 2.25 bits per heavy atom. The zero-order chi connectivity index (χ0) is 11.7. The molecule has 0 aliphatic rings. The van der Waals surface area contributed by atoms with Crippen molar-refractivity contribution in [2.24, 2.45) is 0 Å². The van der Waals surface area contributed by atoms with Crippen LogP contribution in [0.3, 0.4) is 0 Å². The molecule has 0 bridgehead atoms. The predicted molar refractivity (Wildman–Crippen MR) is 63.1 cm³/mol. The fourth-order valence-electron chi connectivity index (χ4n) is 1.44. The Labute approximate surface area is 99.8 Å². The second-order valence-corrected chi connectivity index (χ2v) is 4.21. The second kappa shape index (κ2) is 4.05. The van der Waals surface area contributed by atoms with E-state index in [0.29, 0.717) is 5.56 Å². The largest absolute Gasteiger partial charge is 0.277 e. The van der Waals surface area contributed by atoms with E-state index in [1.807, 2.05) is 6.07 Å². The highest BCUT2D eigenvalue weighted by Crippen LogP contribution is 2.29. The van der Waals surface area contributed by atoms with Gasteiger partial charge in [0.1, 0.15) is 0 Å². The number of hydrogen-bond donors (Lipinski definition) is 1. The molecule has 0 spiro atoms. The van der Waals surface area contributed by atoms with Crippen LogP contribution in [0.1, 0.15) is 5.56 Å². The molecule has 2 rings (SSSR count). The van der Waals surface area contributed by atoms with Crippen molar-refractivity contribution in [3.63, 3.8) is 0 Å². The van der Waals surface area contributed by atoms with E-state index in [1.54, 1.807) is 19.2 Å². The van der Waals surface area contributed by atoms with Crippen molar-refractivity contribution in [3.8, 4) is 11.3 Å². The van der Waals surface area contributed by atoms with Crippen LogP contribution in [0.15, 0.2) is 28.9 Å². The summed E-state index contributed by atoms with van der Waals surface area (Å²) in [7, 11) is 0. The van der Waals surface area contributed by atoms with Crippen LogP contribution in [0.25, 0.3) is 11.3 Å². The first-order valence-electron chi connectivity index (χ1n) is 4.54. The molecule has 1 aromatic heterocycles. The lowest BCUT2D eigenvalue weighted by atomic mass is 10.1. The standard InChI is InChI=1S/C10H8BrN3O2/c1-6-2-3-7(4-9(6)14(15)16)10-8(11)5-12-13-10/h2-5H,1H3,(H,12,13). The van der Waals surface area contributed by atoms with Gasteiger partial charge in [-0.2, -0.15) is 5.10 Å². The van der Waals surface area contributed by atoms with E-state index in [4.69, 9.17) is 0 Å². The highest BCUT2D eigenvalue weighted by atomic mass is 79.9. The summed E-state index contributed by atoms with van der Waals surface area (Å²) < 4.78 is 0.783. The quantitative estimate of drug-likeness (QED) is 0.679. The lowest BCUT2D eigenvalue weighted by Crippen LogP contribution is -1.92. The molecule has 5 nitrogen and oxygen atoms in total. The number of aromatic nitrogens is 2. The number of benzene rings is 1. The maximum atomic E-state index is 10.8. The Hall–Kier alpha value is -1.69. The molecule has 0 aliphatic carbocycles. The fourth-order valence-corrected chi connectivity index (χ4v) is 1.86. The second-order valence-electron chi connectivity index (χ2n) is 3.35. The number of rotatable bonds is 2. The first kappa shape index (κ1) is 10.8. The number of H-pyrrole nitrogens is 1. The van der Waals surface area contributed by atoms with Gasteiger partial charge >= 0.3 is 0 Å². The molecule has 0 unspecified atom stereocenters. The molecule has 0 saturated heterocycles. The number of aryl methyl sites for hydroxylation is 1. The number of halogens is 1. The maximum Gasteiger partial charge on any atom is 0.272 e. The summed E-state index contributed by atoms with van der Waals surface area (Å²) in [6.07, 6.45) is 1.61. The molecule has 2 aromatic rings. The van der Waals surface area contributed by atoms with Crippen LogP contribution in [-0.2, 0) is 0 Å². The molecule has 1 aromatic carbocycles. The van der Waals surface area contributed by atoms with Gasteiger partial charge in [-0.05, 0) is 22.9 Å². The summed E-state index contributed by atoms with van der Waals surface area (Å²) in [5.41, 5.74) is 2.23. The van der Waals surface area contributed by atoms with Crippen molar-refractivity contribution in [2.45, 2.75) is 6.92 Å². The van der Waals surface area contributed by atoms with Gasteiger partial charge in [-0.1, -0.05) is 12.1 Å². The predicted octanol–water partition coefficient (Wildman–Crippen LogP) is 3.06. The Kier molecular flexibility index (Phi) is 2.74. The average Bonchev–Trinajstić information content (AvgIpc) is 2.65. The lowest BCUT2D eigenvalue weighted by molar-refractivity contribution is -0.385. The minimum atomic E-state index is -0.386. The average molecular weight is 282 g/mol. The van der Waals surface area contributed by atoms with Crippen molar-refractivity contribution in [1.29, 1.82) is 0 Å². The summed E-state index contributed by atoms with van der Waals surface area (Å²) >= 11 is 3.32. The highest BCUT2D eigenvalue weighted by molar-refractivity contribution is 9.10. The summed E-state index contributed by atoms with van der Waals surface area (Å²) in [6.45, 7) is 1.71. The normalized spacial score (nSPS) is 10.4. The van der Waals surface area contributed by atoms with Gasteiger partial charge in [-0.3, -0.25) is 15.2 Å². The van der Waals surface area contributed by atoms with Gasteiger partial charge in [0.15, 0.2) is 0 Å². The van der Waals surface area contributed by atoms with Gasteiger partial charge < -0.3 is 0 Å². The molecular weight excluding hydrogens is 274 g/mol. The molecule has 1 N–H and O–H groups in total. The van der Waals surface area contributed by atoms with E-state index in [0.717, 1.165) is 15.7 Å². The molecule has 16 heavy (non-hydrogen) atoms. The molecule has 82 valence electrons. The molecular formula is C10H8BrN3O2. The van der Waals surface area contributed by atoms with Gasteiger partial charge in [0.2, 0.25) is 0 Å². The molecule has 6 heteroatoms. The van der Waals surface area contributed by atoms with E-state index >= 15 is 0 Å². The number of nitrogens with zero attached hydrogens (tertiary/aromatic N) is 2. The summed E-state index contributed by atoms with van der Waals surface area (Å²) in [4.78, 5) is 10.4. The maximum absolute atomic E-state index is 10.8. The zero-order valence-corrected chi connectivity index (χ0v) is 9.98.